The Hall–Kier alpha value is -2.17. The van der Waals surface area contributed by atoms with Gasteiger partial charge >= 0.3 is 0 Å². The minimum atomic E-state index is -0.0176. The summed E-state index contributed by atoms with van der Waals surface area (Å²) in [4.78, 5) is 16.8. The SMILES string of the molecule is CCCCc1nc(-c2ccc(C(=O)NCC3CCCC3(C)C)cc2)no1. The molecule has 5 nitrogen and oxygen atoms in total. The van der Waals surface area contributed by atoms with Crippen LogP contribution >= 0.6 is 0 Å². The summed E-state index contributed by atoms with van der Waals surface area (Å²) in [6.45, 7) is 7.48. The maximum atomic E-state index is 12.4. The van der Waals surface area contributed by atoms with Crippen molar-refractivity contribution in [1.29, 1.82) is 0 Å². The number of carbonyl (C=O) groups excluding carboxylic acids is 1. The van der Waals surface area contributed by atoms with Crippen molar-refractivity contribution in [3.05, 3.63) is 35.7 Å². The van der Waals surface area contributed by atoms with E-state index in [1.807, 2.05) is 24.3 Å². The first-order valence-corrected chi connectivity index (χ1v) is 9.71. The molecule has 0 radical (unpaired) electrons. The van der Waals surface area contributed by atoms with Gasteiger partial charge in [-0.25, -0.2) is 0 Å². The molecule has 1 heterocycles. The third-order valence-corrected chi connectivity index (χ3v) is 5.61. The number of aromatic nitrogens is 2. The molecule has 5 heteroatoms. The van der Waals surface area contributed by atoms with Crippen molar-refractivity contribution < 1.29 is 9.32 Å². The van der Waals surface area contributed by atoms with Crippen LogP contribution in [0, 0.1) is 11.3 Å². The lowest BCUT2D eigenvalue weighted by Gasteiger charge is -2.27. The van der Waals surface area contributed by atoms with Gasteiger partial charge in [-0.2, -0.15) is 4.98 Å². The standard InChI is InChI=1S/C21H29N3O2/c1-4-5-8-18-23-19(24-26-18)15-9-11-16(12-10-15)20(25)22-14-17-7-6-13-21(17,2)3/h9-12,17H,4-8,13-14H2,1-3H3,(H,22,25). The van der Waals surface area contributed by atoms with Crippen LogP contribution in [0.25, 0.3) is 11.4 Å². The molecule has 1 aromatic carbocycles. The smallest absolute Gasteiger partial charge is 0.251 e. The number of benzene rings is 1. The van der Waals surface area contributed by atoms with Gasteiger partial charge in [0.25, 0.3) is 5.91 Å². The van der Waals surface area contributed by atoms with Gasteiger partial charge in [-0.1, -0.05) is 50.9 Å². The fourth-order valence-corrected chi connectivity index (χ4v) is 3.67. The van der Waals surface area contributed by atoms with Crippen LogP contribution in [0.5, 0.6) is 0 Å². The van der Waals surface area contributed by atoms with E-state index in [0.29, 0.717) is 28.6 Å². The molecular weight excluding hydrogens is 326 g/mol. The zero-order chi connectivity index (χ0) is 18.6. The van der Waals surface area contributed by atoms with Gasteiger partial charge in [0, 0.05) is 24.1 Å². The lowest BCUT2D eigenvalue weighted by molar-refractivity contribution is 0.0937. The molecule has 26 heavy (non-hydrogen) atoms. The molecule has 1 unspecified atom stereocenters. The maximum absolute atomic E-state index is 12.4. The first-order valence-electron chi connectivity index (χ1n) is 9.71. The predicted octanol–water partition coefficient (Wildman–Crippen LogP) is 4.64. The van der Waals surface area contributed by atoms with Gasteiger partial charge in [0.15, 0.2) is 0 Å². The zero-order valence-electron chi connectivity index (χ0n) is 16.0. The minimum Gasteiger partial charge on any atom is -0.352 e. The molecule has 2 aromatic rings. The topological polar surface area (TPSA) is 68.0 Å². The fourth-order valence-electron chi connectivity index (χ4n) is 3.67. The Morgan fingerprint density at radius 1 is 1.31 bits per heavy atom. The average Bonchev–Trinajstić information content (AvgIpc) is 3.24. The minimum absolute atomic E-state index is 0.0176. The van der Waals surface area contributed by atoms with E-state index in [2.05, 4.69) is 36.2 Å². The van der Waals surface area contributed by atoms with Crippen molar-refractivity contribution in [2.75, 3.05) is 6.54 Å². The highest BCUT2D eigenvalue weighted by Crippen LogP contribution is 2.42. The van der Waals surface area contributed by atoms with Crippen molar-refractivity contribution in [2.24, 2.45) is 11.3 Å². The predicted molar refractivity (Wildman–Crippen MR) is 102 cm³/mol. The van der Waals surface area contributed by atoms with Crippen LogP contribution in [0.2, 0.25) is 0 Å². The summed E-state index contributed by atoms with van der Waals surface area (Å²) < 4.78 is 5.27. The van der Waals surface area contributed by atoms with E-state index in [1.54, 1.807) is 0 Å². The number of nitrogens with one attached hydrogen (secondary N) is 1. The molecule has 0 bridgehead atoms. The summed E-state index contributed by atoms with van der Waals surface area (Å²) in [5.74, 6) is 1.79. The molecule has 1 aliphatic carbocycles. The third kappa shape index (κ3) is 4.32. The number of hydrogen-bond donors (Lipinski definition) is 1. The van der Waals surface area contributed by atoms with Gasteiger partial charge in [-0.15, -0.1) is 0 Å². The summed E-state index contributed by atoms with van der Waals surface area (Å²) in [6.07, 6.45) is 6.64. The first kappa shape index (κ1) is 18.6. The summed E-state index contributed by atoms with van der Waals surface area (Å²) in [5, 5.41) is 7.13. The average molecular weight is 355 g/mol. The summed E-state index contributed by atoms with van der Waals surface area (Å²) >= 11 is 0. The monoisotopic (exact) mass is 355 g/mol. The van der Waals surface area contributed by atoms with Gasteiger partial charge in [0.2, 0.25) is 11.7 Å². The van der Waals surface area contributed by atoms with Gasteiger partial charge < -0.3 is 9.84 Å². The lowest BCUT2D eigenvalue weighted by atomic mass is 9.82. The van der Waals surface area contributed by atoms with Crippen molar-refractivity contribution >= 4 is 5.91 Å². The van der Waals surface area contributed by atoms with E-state index in [9.17, 15) is 4.79 Å². The van der Waals surface area contributed by atoms with Crippen LogP contribution in [-0.2, 0) is 6.42 Å². The largest absolute Gasteiger partial charge is 0.352 e. The Kier molecular flexibility index (Phi) is 5.74. The molecule has 1 amide bonds. The molecule has 0 aliphatic heterocycles. The second-order valence-electron chi connectivity index (χ2n) is 7.98. The number of unbranched alkanes of at least 4 members (excludes halogenated alkanes) is 1. The maximum Gasteiger partial charge on any atom is 0.251 e. The Morgan fingerprint density at radius 3 is 2.73 bits per heavy atom. The molecule has 0 saturated heterocycles. The van der Waals surface area contributed by atoms with Crippen LogP contribution in [0.4, 0.5) is 0 Å². The Balaban J connectivity index is 1.58. The highest BCUT2D eigenvalue weighted by molar-refractivity contribution is 5.94. The number of amides is 1. The van der Waals surface area contributed by atoms with Gasteiger partial charge in [0.1, 0.15) is 0 Å². The number of rotatable bonds is 7. The Labute approximate surface area is 155 Å². The molecule has 1 atom stereocenters. The van der Waals surface area contributed by atoms with Crippen molar-refractivity contribution in [1.82, 2.24) is 15.5 Å². The van der Waals surface area contributed by atoms with Crippen LogP contribution in [0.1, 0.15) is 69.1 Å². The number of aryl methyl sites for hydroxylation is 1. The second kappa shape index (κ2) is 8.02. The first-order chi connectivity index (χ1) is 12.5. The Morgan fingerprint density at radius 2 is 2.08 bits per heavy atom. The van der Waals surface area contributed by atoms with E-state index in [4.69, 9.17) is 4.52 Å². The van der Waals surface area contributed by atoms with Crippen molar-refractivity contribution in [2.45, 2.75) is 59.3 Å². The molecular formula is C21H29N3O2. The number of hydrogen-bond acceptors (Lipinski definition) is 4. The Bertz CT molecular complexity index is 734. The number of nitrogens with zero attached hydrogens (tertiary/aromatic N) is 2. The van der Waals surface area contributed by atoms with E-state index in [-0.39, 0.29) is 5.91 Å². The van der Waals surface area contributed by atoms with Crippen molar-refractivity contribution in [3.8, 4) is 11.4 Å². The second-order valence-corrected chi connectivity index (χ2v) is 7.98. The third-order valence-electron chi connectivity index (χ3n) is 5.61. The van der Waals surface area contributed by atoms with Crippen LogP contribution in [-0.4, -0.2) is 22.6 Å². The molecule has 1 saturated carbocycles. The van der Waals surface area contributed by atoms with Crippen LogP contribution in [0.15, 0.2) is 28.8 Å². The van der Waals surface area contributed by atoms with Crippen molar-refractivity contribution in [3.63, 3.8) is 0 Å². The van der Waals surface area contributed by atoms with Crippen LogP contribution < -0.4 is 5.32 Å². The zero-order valence-corrected chi connectivity index (χ0v) is 16.0. The molecule has 1 N–H and O–H groups in total. The van der Waals surface area contributed by atoms with E-state index >= 15 is 0 Å². The molecule has 140 valence electrons. The van der Waals surface area contributed by atoms with Crippen LogP contribution in [0.3, 0.4) is 0 Å². The lowest BCUT2D eigenvalue weighted by Crippen LogP contribution is -2.33. The van der Waals surface area contributed by atoms with E-state index < -0.39 is 0 Å². The van der Waals surface area contributed by atoms with E-state index in [1.165, 1.54) is 19.3 Å². The van der Waals surface area contributed by atoms with Gasteiger partial charge in [-0.05, 0) is 42.7 Å². The highest BCUT2D eigenvalue weighted by atomic mass is 16.5. The van der Waals surface area contributed by atoms with Gasteiger partial charge in [0.05, 0.1) is 0 Å². The number of carbonyl (C=O) groups is 1. The quantitative estimate of drug-likeness (QED) is 0.786. The summed E-state index contributed by atoms with van der Waals surface area (Å²) in [7, 11) is 0. The van der Waals surface area contributed by atoms with E-state index in [0.717, 1.165) is 31.4 Å². The molecule has 1 fully saturated rings. The summed E-state index contributed by atoms with van der Waals surface area (Å²) in [6, 6.07) is 7.41. The molecule has 3 rings (SSSR count). The summed E-state index contributed by atoms with van der Waals surface area (Å²) in [5.41, 5.74) is 1.86. The highest BCUT2D eigenvalue weighted by Gasteiger charge is 2.34. The van der Waals surface area contributed by atoms with Gasteiger partial charge in [-0.3, -0.25) is 4.79 Å². The molecule has 1 aliphatic rings. The normalized spacial score (nSPS) is 18.8. The molecule has 1 aromatic heterocycles. The molecule has 0 spiro atoms. The fraction of sp³-hybridized carbons (Fsp3) is 0.571.